The maximum Gasteiger partial charge on any atom is 0.240 e. The molecule has 4 rings (SSSR count). The lowest BCUT2D eigenvalue weighted by molar-refractivity contribution is -0.121. The Bertz CT molecular complexity index is 1470. The third-order valence-electron chi connectivity index (χ3n) is 6.22. The molecular weight excluding hydrogens is 512 g/mol. The standard InChI is InChI=1S/C30H30N4O4S/c1-19(23-13-11-21-7-3-5-9-25(21)29(23)37)31-33-27(35)15-17-39-18-16-28(36)34-32-20(2)24-14-12-22-8-4-6-10-26(22)30(24)38/h3-14,37-38H,15-18H2,1-2H3,(H,33,35)(H,34,36)/b31-19-,32-20-. The highest BCUT2D eigenvalue weighted by Crippen LogP contribution is 2.30. The van der Waals surface area contributed by atoms with E-state index < -0.39 is 0 Å². The van der Waals surface area contributed by atoms with Gasteiger partial charge in [0.1, 0.15) is 11.5 Å². The number of amides is 2. The van der Waals surface area contributed by atoms with Crippen molar-refractivity contribution in [3.05, 3.63) is 83.9 Å². The summed E-state index contributed by atoms with van der Waals surface area (Å²) >= 11 is 1.48. The molecule has 0 atom stereocenters. The summed E-state index contributed by atoms with van der Waals surface area (Å²) in [5.74, 6) is 0.825. The van der Waals surface area contributed by atoms with Gasteiger partial charge in [0.05, 0.1) is 11.4 Å². The number of hydrazone groups is 2. The number of rotatable bonds is 10. The molecule has 4 N–H and O–H groups in total. The Morgan fingerprint density at radius 2 is 1.08 bits per heavy atom. The van der Waals surface area contributed by atoms with Crippen LogP contribution in [0, 0.1) is 0 Å². The molecule has 0 bridgehead atoms. The van der Waals surface area contributed by atoms with Gasteiger partial charge >= 0.3 is 0 Å². The number of carbonyl (C=O) groups is 2. The van der Waals surface area contributed by atoms with Gasteiger partial charge in [-0.3, -0.25) is 9.59 Å². The average Bonchev–Trinajstić information content (AvgIpc) is 2.95. The fourth-order valence-electron chi connectivity index (χ4n) is 4.05. The molecule has 0 aliphatic heterocycles. The van der Waals surface area contributed by atoms with Gasteiger partial charge in [-0.15, -0.1) is 0 Å². The summed E-state index contributed by atoms with van der Waals surface area (Å²) in [5.41, 5.74) is 7.18. The van der Waals surface area contributed by atoms with E-state index in [9.17, 15) is 19.8 Å². The number of nitrogens with zero attached hydrogens (tertiary/aromatic N) is 2. The van der Waals surface area contributed by atoms with Crippen molar-refractivity contribution in [3.8, 4) is 11.5 Å². The highest BCUT2D eigenvalue weighted by Gasteiger charge is 2.11. The second kappa shape index (κ2) is 12.9. The van der Waals surface area contributed by atoms with Gasteiger partial charge < -0.3 is 10.2 Å². The number of hydrogen-bond acceptors (Lipinski definition) is 7. The minimum absolute atomic E-state index is 0.131. The van der Waals surface area contributed by atoms with Gasteiger partial charge in [-0.1, -0.05) is 60.7 Å². The molecule has 4 aromatic carbocycles. The highest BCUT2D eigenvalue weighted by molar-refractivity contribution is 7.99. The molecule has 200 valence electrons. The maximum atomic E-state index is 12.2. The van der Waals surface area contributed by atoms with Crippen LogP contribution in [-0.2, 0) is 9.59 Å². The van der Waals surface area contributed by atoms with Crippen LogP contribution in [0.25, 0.3) is 21.5 Å². The van der Waals surface area contributed by atoms with E-state index in [4.69, 9.17) is 0 Å². The molecule has 0 saturated carbocycles. The smallest absolute Gasteiger partial charge is 0.240 e. The molecule has 8 nitrogen and oxygen atoms in total. The fraction of sp³-hybridized carbons (Fsp3) is 0.200. The quantitative estimate of drug-likeness (QED) is 0.123. The van der Waals surface area contributed by atoms with Gasteiger partial charge in [0.25, 0.3) is 0 Å². The molecule has 0 radical (unpaired) electrons. The van der Waals surface area contributed by atoms with E-state index in [2.05, 4.69) is 21.1 Å². The van der Waals surface area contributed by atoms with Crippen molar-refractivity contribution >= 4 is 56.5 Å². The summed E-state index contributed by atoms with van der Waals surface area (Å²) in [7, 11) is 0. The van der Waals surface area contributed by atoms with Crippen LogP contribution in [0.2, 0.25) is 0 Å². The Labute approximate surface area is 230 Å². The molecule has 2 amide bonds. The van der Waals surface area contributed by atoms with Gasteiger partial charge in [0.15, 0.2) is 0 Å². The predicted molar refractivity (Wildman–Crippen MR) is 158 cm³/mol. The number of phenolic OH excluding ortho intramolecular Hbond substituents is 2. The van der Waals surface area contributed by atoms with E-state index in [0.717, 1.165) is 21.5 Å². The normalized spacial score (nSPS) is 12.1. The second-order valence-electron chi connectivity index (χ2n) is 8.94. The lowest BCUT2D eigenvalue weighted by Gasteiger charge is -2.08. The van der Waals surface area contributed by atoms with Crippen LogP contribution in [0.3, 0.4) is 0 Å². The zero-order valence-corrected chi connectivity index (χ0v) is 22.6. The lowest BCUT2D eigenvalue weighted by atomic mass is 10.0. The van der Waals surface area contributed by atoms with Gasteiger partial charge in [0.2, 0.25) is 11.8 Å². The minimum atomic E-state index is -0.248. The van der Waals surface area contributed by atoms with Crippen molar-refractivity contribution in [3.63, 3.8) is 0 Å². The zero-order valence-electron chi connectivity index (χ0n) is 21.8. The summed E-state index contributed by atoms with van der Waals surface area (Å²) in [4.78, 5) is 24.4. The van der Waals surface area contributed by atoms with E-state index >= 15 is 0 Å². The summed E-state index contributed by atoms with van der Waals surface area (Å²) in [5, 5.41) is 32.7. The molecule has 0 spiro atoms. The summed E-state index contributed by atoms with van der Waals surface area (Å²) in [6.45, 7) is 3.45. The summed E-state index contributed by atoms with van der Waals surface area (Å²) in [6, 6.07) is 22.4. The Hall–Kier alpha value is -4.37. The van der Waals surface area contributed by atoms with E-state index in [1.54, 1.807) is 26.0 Å². The van der Waals surface area contributed by atoms with Gasteiger partial charge in [0, 0.05) is 46.2 Å². The number of nitrogens with one attached hydrogen (secondary N) is 2. The first-order chi connectivity index (χ1) is 18.8. The molecule has 0 fully saturated rings. The second-order valence-corrected chi connectivity index (χ2v) is 10.2. The van der Waals surface area contributed by atoms with Crippen LogP contribution < -0.4 is 10.9 Å². The summed E-state index contributed by atoms with van der Waals surface area (Å²) in [6.07, 6.45) is 0.483. The van der Waals surface area contributed by atoms with Crippen molar-refractivity contribution in [2.75, 3.05) is 11.5 Å². The van der Waals surface area contributed by atoms with E-state index in [1.807, 2.05) is 60.7 Å². The molecule has 9 heteroatoms. The average molecular weight is 543 g/mol. The van der Waals surface area contributed by atoms with Gasteiger partial charge in [-0.05, 0) is 36.8 Å². The first-order valence-electron chi connectivity index (χ1n) is 12.5. The van der Waals surface area contributed by atoms with E-state index in [0.29, 0.717) is 34.1 Å². The largest absolute Gasteiger partial charge is 0.507 e. The number of phenols is 2. The Balaban J connectivity index is 1.18. The lowest BCUT2D eigenvalue weighted by Crippen LogP contribution is -2.21. The van der Waals surface area contributed by atoms with Crippen molar-refractivity contribution in [2.45, 2.75) is 26.7 Å². The molecule has 4 aromatic rings. The van der Waals surface area contributed by atoms with Crippen LogP contribution in [-0.4, -0.2) is 45.0 Å². The number of thioether (sulfide) groups is 1. The number of fused-ring (bicyclic) bond motifs is 2. The minimum Gasteiger partial charge on any atom is -0.507 e. The Kier molecular flexibility index (Phi) is 9.17. The van der Waals surface area contributed by atoms with Crippen molar-refractivity contribution < 1.29 is 19.8 Å². The third kappa shape index (κ3) is 6.94. The zero-order chi connectivity index (χ0) is 27.8. The molecular formula is C30H30N4O4S. The Morgan fingerprint density at radius 3 is 1.51 bits per heavy atom. The predicted octanol–water partition coefficient (Wildman–Crippen LogP) is 5.30. The third-order valence-corrected chi connectivity index (χ3v) is 7.21. The van der Waals surface area contributed by atoms with Crippen molar-refractivity contribution in [2.24, 2.45) is 10.2 Å². The molecule has 0 aromatic heterocycles. The molecule has 0 saturated heterocycles. The fourth-order valence-corrected chi connectivity index (χ4v) is 4.91. The van der Waals surface area contributed by atoms with Gasteiger partial charge in [-0.2, -0.15) is 22.0 Å². The van der Waals surface area contributed by atoms with Crippen LogP contribution >= 0.6 is 11.8 Å². The molecule has 0 heterocycles. The molecule has 0 aliphatic rings. The number of benzene rings is 4. The number of carbonyl (C=O) groups excluding carboxylic acids is 2. The molecule has 39 heavy (non-hydrogen) atoms. The maximum absolute atomic E-state index is 12.2. The SMILES string of the molecule is C/C(=N/NC(=O)CCSCCC(=O)N/N=C(/C)c1ccc2ccccc2c1O)c1ccc2ccccc2c1O. The molecule has 0 unspecified atom stereocenters. The first-order valence-corrected chi connectivity index (χ1v) is 13.7. The topological polar surface area (TPSA) is 123 Å². The summed E-state index contributed by atoms with van der Waals surface area (Å²) < 4.78 is 0. The van der Waals surface area contributed by atoms with Crippen LogP contribution in [0.15, 0.2) is 83.0 Å². The van der Waals surface area contributed by atoms with E-state index in [1.165, 1.54) is 11.8 Å². The number of hydrogen-bond donors (Lipinski definition) is 4. The number of aromatic hydroxyl groups is 2. The first kappa shape index (κ1) is 27.7. The monoisotopic (exact) mass is 542 g/mol. The van der Waals surface area contributed by atoms with Crippen LogP contribution in [0.5, 0.6) is 11.5 Å². The highest BCUT2D eigenvalue weighted by atomic mass is 32.2. The Morgan fingerprint density at radius 1 is 0.667 bits per heavy atom. The van der Waals surface area contributed by atoms with E-state index in [-0.39, 0.29) is 36.2 Å². The van der Waals surface area contributed by atoms with Crippen molar-refractivity contribution in [1.82, 2.24) is 10.9 Å². The van der Waals surface area contributed by atoms with Crippen LogP contribution in [0.1, 0.15) is 37.8 Å². The van der Waals surface area contributed by atoms with Gasteiger partial charge in [-0.25, -0.2) is 10.9 Å². The van der Waals surface area contributed by atoms with Crippen LogP contribution in [0.4, 0.5) is 0 Å². The molecule has 0 aliphatic carbocycles. The van der Waals surface area contributed by atoms with Crippen molar-refractivity contribution in [1.29, 1.82) is 0 Å².